The zero-order chi connectivity index (χ0) is 12.8. The second kappa shape index (κ2) is 6.93. The van der Waals surface area contributed by atoms with Crippen LogP contribution >= 0.6 is 0 Å². The molecule has 0 spiro atoms. The van der Waals surface area contributed by atoms with Gasteiger partial charge < -0.3 is 19.7 Å². The highest BCUT2D eigenvalue weighted by molar-refractivity contribution is 5.79. The molecule has 1 rings (SSSR count). The first-order valence-electron chi connectivity index (χ1n) is 6.17. The molecule has 2 atom stereocenters. The standard InChI is InChI=1S/C12H24N2O3/c1-9(2)17-6-5-14(4)12(15)10-7-16-8-11(10)13-3/h9-11,13H,5-8H2,1-4H3. The summed E-state index contributed by atoms with van der Waals surface area (Å²) in [5.41, 5.74) is 0. The quantitative estimate of drug-likeness (QED) is 0.720. The molecule has 0 radical (unpaired) electrons. The summed E-state index contributed by atoms with van der Waals surface area (Å²) in [7, 11) is 3.68. The van der Waals surface area contributed by atoms with Crippen LogP contribution in [0.15, 0.2) is 0 Å². The van der Waals surface area contributed by atoms with Gasteiger partial charge in [0.1, 0.15) is 0 Å². The summed E-state index contributed by atoms with van der Waals surface area (Å²) in [4.78, 5) is 13.9. The van der Waals surface area contributed by atoms with E-state index in [1.54, 1.807) is 4.90 Å². The van der Waals surface area contributed by atoms with Crippen LogP contribution < -0.4 is 5.32 Å². The normalized spacial score (nSPS) is 24.3. The van der Waals surface area contributed by atoms with Crippen molar-refractivity contribution in [2.24, 2.45) is 5.92 Å². The molecule has 1 heterocycles. The van der Waals surface area contributed by atoms with Gasteiger partial charge in [0.15, 0.2) is 0 Å². The molecular formula is C12H24N2O3. The van der Waals surface area contributed by atoms with Crippen LogP contribution in [0.3, 0.4) is 0 Å². The molecule has 1 N–H and O–H groups in total. The number of amides is 1. The molecule has 100 valence electrons. The van der Waals surface area contributed by atoms with E-state index in [9.17, 15) is 4.79 Å². The molecule has 1 aliphatic rings. The van der Waals surface area contributed by atoms with E-state index in [0.717, 1.165) is 0 Å². The van der Waals surface area contributed by atoms with E-state index in [-0.39, 0.29) is 24.0 Å². The SMILES string of the molecule is CNC1COCC1C(=O)N(C)CCOC(C)C. The predicted octanol–water partition coefficient (Wildman–Crippen LogP) is 0.104. The van der Waals surface area contributed by atoms with Crippen LogP contribution in [0.5, 0.6) is 0 Å². The maximum atomic E-state index is 12.1. The molecule has 1 amide bonds. The first-order chi connectivity index (χ1) is 8.06. The Kier molecular flexibility index (Phi) is 5.88. The molecule has 0 aromatic heterocycles. The Labute approximate surface area is 103 Å². The Morgan fingerprint density at radius 3 is 2.82 bits per heavy atom. The summed E-state index contributed by atoms with van der Waals surface area (Å²) in [5, 5.41) is 3.12. The number of rotatable bonds is 6. The van der Waals surface area contributed by atoms with Gasteiger partial charge in [0.05, 0.1) is 31.8 Å². The molecule has 0 aromatic carbocycles. The monoisotopic (exact) mass is 244 g/mol. The number of ether oxygens (including phenoxy) is 2. The van der Waals surface area contributed by atoms with Crippen molar-refractivity contribution in [1.82, 2.24) is 10.2 Å². The average Bonchev–Trinajstić information content (AvgIpc) is 2.75. The maximum Gasteiger partial charge on any atom is 0.229 e. The molecular weight excluding hydrogens is 220 g/mol. The average molecular weight is 244 g/mol. The van der Waals surface area contributed by atoms with E-state index in [4.69, 9.17) is 9.47 Å². The minimum Gasteiger partial charge on any atom is -0.379 e. The maximum absolute atomic E-state index is 12.1. The number of hydrogen-bond donors (Lipinski definition) is 1. The van der Waals surface area contributed by atoms with Gasteiger partial charge in [-0.15, -0.1) is 0 Å². The van der Waals surface area contributed by atoms with Gasteiger partial charge in [0.25, 0.3) is 0 Å². The van der Waals surface area contributed by atoms with Crippen molar-refractivity contribution in [1.29, 1.82) is 0 Å². The van der Waals surface area contributed by atoms with Crippen molar-refractivity contribution < 1.29 is 14.3 Å². The molecule has 5 heteroatoms. The highest BCUT2D eigenvalue weighted by Crippen LogP contribution is 2.15. The van der Waals surface area contributed by atoms with Crippen LogP contribution in [0.4, 0.5) is 0 Å². The molecule has 5 nitrogen and oxygen atoms in total. The molecule has 0 aromatic rings. The second-order valence-corrected chi connectivity index (χ2v) is 4.72. The molecule has 0 saturated carbocycles. The summed E-state index contributed by atoms with van der Waals surface area (Å²) in [6.07, 6.45) is 0.207. The van der Waals surface area contributed by atoms with Crippen molar-refractivity contribution >= 4 is 5.91 Å². The zero-order valence-electron chi connectivity index (χ0n) is 11.2. The van der Waals surface area contributed by atoms with Crippen molar-refractivity contribution in [2.75, 3.05) is 40.5 Å². The number of nitrogens with one attached hydrogen (secondary N) is 1. The van der Waals surface area contributed by atoms with Crippen molar-refractivity contribution in [2.45, 2.75) is 26.0 Å². The Balaban J connectivity index is 2.35. The van der Waals surface area contributed by atoms with E-state index < -0.39 is 0 Å². The van der Waals surface area contributed by atoms with Gasteiger partial charge >= 0.3 is 0 Å². The summed E-state index contributed by atoms with van der Waals surface area (Å²) in [6, 6.07) is 0.135. The third-order valence-electron chi connectivity index (χ3n) is 3.02. The lowest BCUT2D eigenvalue weighted by molar-refractivity contribution is -0.135. The van der Waals surface area contributed by atoms with Gasteiger partial charge in [0, 0.05) is 19.6 Å². The summed E-state index contributed by atoms with van der Waals surface area (Å²) in [6.45, 7) is 6.32. The van der Waals surface area contributed by atoms with E-state index in [2.05, 4.69) is 5.32 Å². The Morgan fingerprint density at radius 2 is 2.24 bits per heavy atom. The van der Waals surface area contributed by atoms with Crippen molar-refractivity contribution in [3.8, 4) is 0 Å². The van der Waals surface area contributed by atoms with E-state index >= 15 is 0 Å². The lowest BCUT2D eigenvalue weighted by Gasteiger charge is -2.24. The lowest BCUT2D eigenvalue weighted by Crippen LogP contribution is -2.44. The van der Waals surface area contributed by atoms with E-state index in [0.29, 0.717) is 26.4 Å². The van der Waals surface area contributed by atoms with Crippen LogP contribution in [0, 0.1) is 5.92 Å². The Bertz CT molecular complexity index is 246. The number of nitrogens with zero attached hydrogens (tertiary/aromatic N) is 1. The molecule has 1 aliphatic heterocycles. The fraction of sp³-hybridized carbons (Fsp3) is 0.917. The zero-order valence-corrected chi connectivity index (χ0v) is 11.2. The van der Waals surface area contributed by atoms with Gasteiger partial charge in [-0.3, -0.25) is 4.79 Å². The molecule has 0 aliphatic carbocycles. The largest absolute Gasteiger partial charge is 0.379 e. The number of carbonyl (C=O) groups excluding carboxylic acids is 1. The molecule has 2 unspecified atom stereocenters. The van der Waals surface area contributed by atoms with Crippen LogP contribution in [0.25, 0.3) is 0 Å². The number of likely N-dealkylation sites (N-methyl/N-ethyl adjacent to an activating group) is 2. The summed E-state index contributed by atoms with van der Waals surface area (Å²) >= 11 is 0. The lowest BCUT2D eigenvalue weighted by atomic mass is 10.0. The Hall–Kier alpha value is -0.650. The van der Waals surface area contributed by atoms with Crippen LogP contribution in [0.1, 0.15) is 13.8 Å². The minimum atomic E-state index is -0.0657. The summed E-state index contributed by atoms with van der Waals surface area (Å²) in [5.74, 6) is 0.0678. The third kappa shape index (κ3) is 4.26. The van der Waals surface area contributed by atoms with Crippen LogP contribution in [-0.4, -0.2) is 63.4 Å². The third-order valence-corrected chi connectivity index (χ3v) is 3.02. The van der Waals surface area contributed by atoms with Gasteiger partial charge in [-0.05, 0) is 20.9 Å². The van der Waals surface area contributed by atoms with Gasteiger partial charge in [0.2, 0.25) is 5.91 Å². The smallest absolute Gasteiger partial charge is 0.229 e. The topological polar surface area (TPSA) is 50.8 Å². The van der Waals surface area contributed by atoms with Gasteiger partial charge in [-0.2, -0.15) is 0 Å². The highest BCUT2D eigenvalue weighted by atomic mass is 16.5. The number of carbonyl (C=O) groups is 1. The molecule has 17 heavy (non-hydrogen) atoms. The second-order valence-electron chi connectivity index (χ2n) is 4.72. The molecule has 0 bridgehead atoms. The first kappa shape index (κ1) is 14.4. The van der Waals surface area contributed by atoms with Crippen LogP contribution in [-0.2, 0) is 14.3 Å². The van der Waals surface area contributed by atoms with Crippen molar-refractivity contribution in [3.05, 3.63) is 0 Å². The molecule has 1 fully saturated rings. The van der Waals surface area contributed by atoms with E-state index in [1.807, 2.05) is 27.9 Å². The van der Waals surface area contributed by atoms with Crippen LogP contribution in [0.2, 0.25) is 0 Å². The summed E-state index contributed by atoms with van der Waals surface area (Å²) < 4.78 is 10.8. The highest BCUT2D eigenvalue weighted by Gasteiger charge is 2.34. The van der Waals surface area contributed by atoms with E-state index in [1.165, 1.54) is 0 Å². The van der Waals surface area contributed by atoms with Gasteiger partial charge in [-0.1, -0.05) is 0 Å². The fourth-order valence-electron chi connectivity index (χ4n) is 1.90. The minimum absolute atomic E-state index is 0.0657. The number of hydrogen-bond acceptors (Lipinski definition) is 4. The van der Waals surface area contributed by atoms with Crippen molar-refractivity contribution in [3.63, 3.8) is 0 Å². The predicted molar refractivity (Wildman–Crippen MR) is 65.9 cm³/mol. The first-order valence-corrected chi connectivity index (χ1v) is 6.17. The van der Waals surface area contributed by atoms with Gasteiger partial charge in [-0.25, -0.2) is 0 Å². The Morgan fingerprint density at radius 1 is 1.53 bits per heavy atom. The molecule has 1 saturated heterocycles. The fourth-order valence-corrected chi connectivity index (χ4v) is 1.90.